The van der Waals surface area contributed by atoms with Crippen molar-refractivity contribution in [1.82, 2.24) is 15.1 Å². The van der Waals surface area contributed by atoms with Gasteiger partial charge < -0.3 is 39.1 Å². The number of aliphatic carboxylic acids is 2. The van der Waals surface area contributed by atoms with Gasteiger partial charge >= 0.3 is 23.9 Å². The van der Waals surface area contributed by atoms with Crippen molar-refractivity contribution in [3.8, 4) is 0 Å². The predicted molar refractivity (Wildman–Crippen MR) is 162 cm³/mol. The zero-order valence-electron chi connectivity index (χ0n) is 25.8. The molecule has 0 saturated carbocycles. The third-order valence-corrected chi connectivity index (χ3v) is 7.65. The fourth-order valence-corrected chi connectivity index (χ4v) is 5.37. The average Bonchev–Trinajstić information content (AvgIpc) is 3.46. The highest BCUT2D eigenvalue weighted by Crippen LogP contribution is 2.45. The third kappa shape index (κ3) is 8.72. The minimum absolute atomic E-state index is 0.148. The lowest BCUT2D eigenvalue weighted by atomic mass is 9.79. The van der Waals surface area contributed by atoms with E-state index >= 15 is 0 Å². The second-order valence-electron chi connectivity index (χ2n) is 10.3. The van der Waals surface area contributed by atoms with Gasteiger partial charge in [0.15, 0.2) is 6.10 Å². The summed E-state index contributed by atoms with van der Waals surface area (Å²) in [6.45, 7) is 8.23. The van der Waals surface area contributed by atoms with Crippen LogP contribution in [0.25, 0.3) is 0 Å². The Labute approximate surface area is 266 Å². The number of likely N-dealkylation sites (N-methyl/N-ethyl adjacent to an activating group) is 1. The van der Waals surface area contributed by atoms with E-state index in [0.717, 1.165) is 31.9 Å². The summed E-state index contributed by atoms with van der Waals surface area (Å²) in [7, 11) is 4.97. The third-order valence-electron chi connectivity index (χ3n) is 7.31. The Morgan fingerprint density at radius 1 is 1.00 bits per heavy atom. The van der Waals surface area contributed by atoms with E-state index in [4.69, 9.17) is 50.0 Å². The number of nitrogens with one attached hydrogen (secondary N) is 1. The van der Waals surface area contributed by atoms with Crippen molar-refractivity contribution < 1.29 is 48.0 Å². The van der Waals surface area contributed by atoms with Gasteiger partial charge in [-0.15, -0.1) is 0 Å². The number of ether oxygens (including phenoxy) is 3. The number of carboxylic acids is 2. The molecule has 2 aromatic rings. The van der Waals surface area contributed by atoms with Crippen LogP contribution in [0, 0.1) is 0 Å². The molecule has 14 heteroatoms. The smallest absolute Gasteiger partial charge is 0.414 e. The number of methoxy groups -OCH3 is 2. The van der Waals surface area contributed by atoms with Gasteiger partial charge in [0.2, 0.25) is 0 Å². The Morgan fingerprint density at radius 2 is 1.64 bits per heavy atom. The van der Waals surface area contributed by atoms with Crippen molar-refractivity contribution in [2.75, 3.05) is 54.1 Å². The van der Waals surface area contributed by atoms with E-state index in [9.17, 15) is 9.59 Å². The van der Waals surface area contributed by atoms with Crippen LogP contribution in [-0.2, 0) is 39.9 Å². The first-order valence-corrected chi connectivity index (χ1v) is 14.5. The maximum absolute atomic E-state index is 13.6. The first kappa shape index (κ1) is 35.3. The number of esters is 2. The van der Waals surface area contributed by atoms with Crippen LogP contribution in [0.3, 0.4) is 0 Å². The zero-order valence-corrected chi connectivity index (χ0v) is 26.6. The quantitative estimate of drug-likeness (QED) is 0.268. The lowest BCUT2D eigenvalue weighted by Crippen LogP contribution is -2.43. The summed E-state index contributed by atoms with van der Waals surface area (Å²) in [6, 6.07) is 10.9. The number of hydrogen-bond donors (Lipinski definition) is 3. The number of furan rings is 1. The minimum atomic E-state index is -1.82. The molecule has 2 unspecified atom stereocenters. The van der Waals surface area contributed by atoms with Crippen molar-refractivity contribution in [2.24, 2.45) is 0 Å². The molecular weight excluding hydrogens is 610 g/mol. The van der Waals surface area contributed by atoms with Crippen molar-refractivity contribution in [2.45, 2.75) is 32.4 Å². The van der Waals surface area contributed by atoms with Crippen LogP contribution < -0.4 is 5.32 Å². The van der Waals surface area contributed by atoms with E-state index in [1.54, 1.807) is 45.2 Å². The lowest BCUT2D eigenvalue weighted by Gasteiger charge is -2.34. The summed E-state index contributed by atoms with van der Waals surface area (Å²) < 4.78 is 22.8. The Bertz CT molecular complexity index is 1450. The van der Waals surface area contributed by atoms with Crippen molar-refractivity contribution in [3.05, 3.63) is 81.0 Å². The highest BCUT2D eigenvalue weighted by Gasteiger charge is 2.42. The van der Waals surface area contributed by atoms with Gasteiger partial charge in [-0.1, -0.05) is 29.8 Å². The minimum Gasteiger partial charge on any atom is -0.473 e. The number of rotatable bonds is 9. The molecule has 3 heterocycles. The normalized spacial score (nSPS) is 18.0. The number of allylic oxidation sites excluding steroid dienone is 1. The van der Waals surface area contributed by atoms with Gasteiger partial charge in [0.1, 0.15) is 11.5 Å². The zero-order chi connectivity index (χ0) is 33.3. The molecule has 1 saturated heterocycles. The molecule has 2 aliphatic rings. The monoisotopic (exact) mass is 647 g/mol. The maximum atomic E-state index is 13.6. The molecule has 1 fully saturated rings. The number of hydrogen-bond acceptors (Lipinski definition) is 11. The highest BCUT2D eigenvalue weighted by molar-refractivity contribution is 6.31. The number of carboxylic acid groups (broad SMARTS) is 2. The molecule has 0 amide bonds. The van der Waals surface area contributed by atoms with E-state index in [-0.39, 0.29) is 17.8 Å². The molecule has 0 spiro atoms. The summed E-state index contributed by atoms with van der Waals surface area (Å²) >= 11 is 6.62. The van der Waals surface area contributed by atoms with Gasteiger partial charge in [-0.3, -0.25) is 4.90 Å². The molecule has 45 heavy (non-hydrogen) atoms. The van der Waals surface area contributed by atoms with Crippen LogP contribution in [0.1, 0.15) is 43.0 Å². The highest BCUT2D eigenvalue weighted by atomic mass is 35.5. The van der Waals surface area contributed by atoms with Crippen LogP contribution in [0.2, 0.25) is 5.02 Å². The molecule has 244 valence electrons. The standard InChI is InChI=1S/C29H36ClN3O6.C2H2O4/c1-6-38-29(35)25-24(20-9-7-8-10-21(20)30)23(28(34)37-5)18(2)31-26(25)27(36-4)22-12-11-19(39-22)17-33-15-13-32(3)14-16-33;3-1(4)2(5)6/h7-12,24,27,31H,6,13-17H2,1-5H3;(H,3,4)(H,5,6). The molecule has 1 aromatic carbocycles. The van der Waals surface area contributed by atoms with Gasteiger partial charge in [0.05, 0.1) is 43.0 Å². The van der Waals surface area contributed by atoms with Gasteiger partial charge in [-0.2, -0.15) is 0 Å². The molecule has 2 atom stereocenters. The van der Waals surface area contributed by atoms with E-state index in [1.165, 1.54) is 7.11 Å². The summed E-state index contributed by atoms with van der Waals surface area (Å²) in [5, 5.41) is 18.4. The fourth-order valence-electron chi connectivity index (χ4n) is 5.12. The summed E-state index contributed by atoms with van der Waals surface area (Å²) in [6.07, 6.45) is -0.773. The largest absolute Gasteiger partial charge is 0.473 e. The molecule has 13 nitrogen and oxygen atoms in total. The van der Waals surface area contributed by atoms with Gasteiger partial charge in [-0.25, -0.2) is 19.2 Å². The molecule has 0 radical (unpaired) electrons. The molecule has 4 rings (SSSR count). The van der Waals surface area contributed by atoms with Gasteiger partial charge in [0.25, 0.3) is 0 Å². The van der Waals surface area contributed by atoms with Crippen LogP contribution in [-0.4, -0.2) is 97.9 Å². The molecule has 0 bridgehead atoms. The van der Waals surface area contributed by atoms with Crippen LogP contribution in [0.5, 0.6) is 0 Å². The number of carbonyl (C=O) groups excluding carboxylic acids is 2. The van der Waals surface area contributed by atoms with Crippen molar-refractivity contribution in [1.29, 1.82) is 0 Å². The second kappa shape index (κ2) is 16.2. The number of dihydropyridines is 1. The number of piperazine rings is 1. The van der Waals surface area contributed by atoms with Crippen LogP contribution in [0.4, 0.5) is 0 Å². The van der Waals surface area contributed by atoms with Crippen molar-refractivity contribution in [3.63, 3.8) is 0 Å². The topological polar surface area (TPSA) is 168 Å². The fraction of sp³-hybridized carbons (Fsp3) is 0.419. The SMILES string of the molecule is CCOC(=O)C1=C(C(OC)c2ccc(CN3CCN(C)CC3)o2)NC(C)=C(C(=O)OC)C1c1ccccc1Cl.O=C(O)C(=O)O. The Morgan fingerprint density at radius 3 is 2.20 bits per heavy atom. The number of benzene rings is 1. The Kier molecular flexibility index (Phi) is 12.7. The van der Waals surface area contributed by atoms with E-state index in [0.29, 0.717) is 34.3 Å². The molecule has 1 aromatic heterocycles. The van der Waals surface area contributed by atoms with Crippen LogP contribution in [0.15, 0.2) is 63.4 Å². The summed E-state index contributed by atoms with van der Waals surface area (Å²) in [5.41, 5.74) is 1.99. The Balaban J connectivity index is 0.000000838. The van der Waals surface area contributed by atoms with Crippen molar-refractivity contribution >= 4 is 35.5 Å². The summed E-state index contributed by atoms with van der Waals surface area (Å²) in [4.78, 5) is 49.5. The van der Waals surface area contributed by atoms with E-state index in [1.807, 2.05) is 12.1 Å². The lowest BCUT2D eigenvalue weighted by molar-refractivity contribution is -0.159. The predicted octanol–water partition coefficient (Wildman–Crippen LogP) is 3.17. The Hall–Kier alpha value is -4.17. The second-order valence-corrected chi connectivity index (χ2v) is 10.7. The number of halogens is 1. The van der Waals surface area contributed by atoms with Gasteiger partial charge in [0, 0.05) is 44.0 Å². The first-order valence-electron chi connectivity index (χ1n) is 14.1. The first-order chi connectivity index (χ1) is 21.4. The number of carbonyl (C=O) groups is 4. The average molecular weight is 648 g/mol. The number of nitrogens with zero attached hydrogens (tertiary/aromatic N) is 2. The molecular formula is C31H38ClN3O10. The molecule has 2 aliphatic heterocycles. The van der Waals surface area contributed by atoms with E-state index < -0.39 is 35.9 Å². The van der Waals surface area contributed by atoms with Gasteiger partial charge in [-0.05, 0) is 44.7 Å². The summed E-state index contributed by atoms with van der Waals surface area (Å²) in [5.74, 6) is -4.34. The molecule has 0 aliphatic carbocycles. The maximum Gasteiger partial charge on any atom is 0.414 e. The van der Waals surface area contributed by atoms with E-state index in [2.05, 4.69) is 22.2 Å². The molecule has 3 N–H and O–H groups in total. The van der Waals surface area contributed by atoms with Crippen LogP contribution >= 0.6 is 11.6 Å².